The molecule has 1 rings (SSSR count). The van der Waals surface area contributed by atoms with Gasteiger partial charge in [-0.05, 0) is 0 Å². The molecule has 0 aromatic rings. The van der Waals surface area contributed by atoms with E-state index in [4.69, 9.17) is 17.3 Å². The first-order chi connectivity index (χ1) is 6.57. The Kier molecular flexibility index (Phi) is 3.95. The summed E-state index contributed by atoms with van der Waals surface area (Å²) < 4.78 is 10.4. The highest BCUT2D eigenvalue weighted by molar-refractivity contribution is 6.11. The molecule has 3 unspecified atom stereocenters. The molecule has 1 fully saturated rings. The Balaban J connectivity index is 2.78. The van der Waals surface area contributed by atoms with Crippen LogP contribution in [0.2, 0.25) is 5.82 Å². The van der Waals surface area contributed by atoms with Gasteiger partial charge >= 0.3 is 0 Å². The molecule has 0 aromatic heterocycles. The third-order valence-electron chi connectivity index (χ3n) is 2.95. The van der Waals surface area contributed by atoms with Crippen molar-refractivity contribution in [1.29, 1.82) is 0 Å². The molecule has 2 radical (unpaired) electrons. The van der Waals surface area contributed by atoms with E-state index in [9.17, 15) is 10.2 Å². The second kappa shape index (κ2) is 4.62. The van der Waals surface area contributed by atoms with Crippen LogP contribution in [0.5, 0.6) is 0 Å². The molecule has 0 aromatic carbocycles. The van der Waals surface area contributed by atoms with E-state index in [0.717, 1.165) is 0 Å². The molecule has 2 N–H and O–H groups in total. The molecule has 1 heterocycles. The van der Waals surface area contributed by atoms with Crippen molar-refractivity contribution in [1.82, 2.24) is 0 Å². The highest BCUT2D eigenvalue weighted by atomic mass is 16.6. The molecule has 0 spiro atoms. The Morgan fingerprint density at radius 2 is 2.36 bits per heavy atom. The Labute approximate surface area is 85.6 Å². The van der Waals surface area contributed by atoms with Gasteiger partial charge in [0.1, 0.15) is 5.60 Å². The van der Waals surface area contributed by atoms with Crippen LogP contribution in [0.15, 0.2) is 0 Å². The van der Waals surface area contributed by atoms with Crippen LogP contribution >= 0.6 is 0 Å². The van der Waals surface area contributed by atoms with Crippen molar-refractivity contribution in [3.63, 3.8) is 0 Å². The molecule has 1 aliphatic rings. The molecule has 0 amide bonds. The summed E-state index contributed by atoms with van der Waals surface area (Å²) in [5.41, 5.74) is -1.02. The topological polar surface area (TPSA) is 58.9 Å². The molecule has 0 saturated carbocycles. The molecule has 1 saturated heterocycles. The van der Waals surface area contributed by atoms with Gasteiger partial charge in [0.05, 0.1) is 33.8 Å². The van der Waals surface area contributed by atoms with Crippen LogP contribution in [0, 0.1) is 5.92 Å². The van der Waals surface area contributed by atoms with E-state index < -0.39 is 11.7 Å². The summed E-state index contributed by atoms with van der Waals surface area (Å²) in [6.07, 6.45) is -0.786. The quantitative estimate of drug-likeness (QED) is 0.594. The van der Waals surface area contributed by atoms with Crippen molar-refractivity contribution in [2.24, 2.45) is 5.92 Å². The lowest BCUT2D eigenvalue weighted by atomic mass is 9.71. The van der Waals surface area contributed by atoms with Gasteiger partial charge in [0.15, 0.2) is 0 Å². The number of rotatable bonds is 3. The fourth-order valence-electron chi connectivity index (χ4n) is 1.76. The zero-order chi connectivity index (χ0) is 10.8. The smallest absolute Gasteiger partial charge is 0.140 e. The standard InChI is InChI=1S/C9H17BO4/c1-6(10)7-3-14-5-9(4-11,13-2)8(7)12/h6-8,11-12H,3-5H2,1-2H3/t6-,7?,8?,9?/m1/s1. The Morgan fingerprint density at radius 3 is 2.79 bits per heavy atom. The SMILES string of the molecule is [B][C@H](C)C1COCC(CO)(OC)C1O. The van der Waals surface area contributed by atoms with Crippen molar-refractivity contribution in [2.75, 3.05) is 26.9 Å². The molecular formula is C9H17BO4. The van der Waals surface area contributed by atoms with Crippen LogP contribution in [0.3, 0.4) is 0 Å². The molecule has 5 heteroatoms. The van der Waals surface area contributed by atoms with E-state index >= 15 is 0 Å². The lowest BCUT2D eigenvalue weighted by Gasteiger charge is -2.44. The third kappa shape index (κ3) is 1.96. The molecule has 80 valence electrons. The first kappa shape index (κ1) is 12.0. The van der Waals surface area contributed by atoms with Crippen LogP contribution in [-0.2, 0) is 9.47 Å². The maximum Gasteiger partial charge on any atom is 0.140 e. The Hall–Kier alpha value is -0.0951. The zero-order valence-corrected chi connectivity index (χ0v) is 8.64. The van der Waals surface area contributed by atoms with Crippen molar-refractivity contribution >= 4 is 7.85 Å². The van der Waals surface area contributed by atoms with Gasteiger partial charge in [-0.1, -0.05) is 12.7 Å². The Morgan fingerprint density at radius 1 is 1.71 bits per heavy atom. The zero-order valence-electron chi connectivity index (χ0n) is 8.64. The van der Waals surface area contributed by atoms with E-state index in [1.807, 2.05) is 0 Å². The monoisotopic (exact) mass is 200 g/mol. The average molecular weight is 200 g/mol. The fourth-order valence-corrected chi connectivity index (χ4v) is 1.76. The molecule has 4 nitrogen and oxygen atoms in total. The number of aliphatic hydroxyl groups excluding tert-OH is 2. The molecule has 4 atom stereocenters. The van der Waals surface area contributed by atoms with Crippen molar-refractivity contribution < 1.29 is 19.7 Å². The van der Waals surface area contributed by atoms with E-state index in [1.54, 1.807) is 6.92 Å². The van der Waals surface area contributed by atoms with Gasteiger partial charge in [-0.3, -0.25) is 0 Å². The van der Waals surface area contributed by atoms with E-state index in [0.29, 0.717) is 6.61 Å². The number of hydrogen-bond acceptors (Lipinski definition) is 4. The number of hydrogen-bond donors (Lipinski definition) is 2. The second-order valence-electron chi connectivity index (χ2n) is 3.91. The predicted octanol–water partition coefficient (Wildman–Crippen LogP) is -0.652. The maximum atomic E-state index is 10.0. The highest BCUT2D eigenvalue weighted by Gasteiger charge is 2.46. The number of methoxy groups -OCH3 is 1. The first-order valence-corrected chi connectivity index (χ1v) is 4.75. The summed E-state index contributed by atoms with van der Waals surface area (Å²) in [5.74, 6) is -0.387. The van der Waals surface area contributed by atoms with Crippen LogP contribution in [0.1, 0.15) is 6.92 Å². The lowest BCUT2D eigenvalue weighted by molar-refractivity contribution is -0.214. The minimum absolute atomic E-state index is 0.189. The molecule has 1 aliphatic heterocycles. The second-order valence-corrected chi connectivity index (χ2v) is 3.91. The largest absolute Gasteiger partial charge is 0.393 e. The normalized spacial score (nSPS) is 40.9. The summed E-state index contributed by atoms with van der Waals surface area (Å²) in [6, 6.07) is 0. The van der Waals surface area contributed by atoms with Crippen LogP contribution in [0.4, 0.5) is 0 Å². The van der Waals surface area contributed by atoms with Gasteiger partial charge in [-0.15, -0.1) is 0 Å². The molecule has 14 heavy (non-hydrogen) atoms. The summed E-state index contributed by atoms with van der Waals surface area (Å²) in [6.45, 7) is 2.14. The van der Waals surface area contributed by atoms with Gasteiger partial charge in [0.25, 0.3) is 0 Å². The predicted molar refractivity (Wildman–Crippen MR) is 52.3 cm³/mol. The van der Waals surface area contributed by atoms with E-state index in [-0.39, 0.29) is 24.9 Å². The fraction of sp³-hybridized carbons (Fsp3) is 1.00. The van der Waals surface area contributed by atoms with Gasteiger partial charge in [0, 0.05) is 13.0 Å². The van der Waals surface area contributed by atoms with Crippen molar-refractivity contribution in [2.45, 2.75) is 24.4 Å². The third-order valence-corrected chi connectivity index (χ3v) is 2.95. The number of aliphatic hydroxyl groups is 2. The van der Waals surface area contributed by atoms with Crippen LogP contribution in [-0.4, -0.2) is 56.7 Å². The average Bonchev–Trinajstić information content (AvgIpc) is 2.18. The van der Waals surface area contributed by atoms with Crippen molar-refractivity contribution in [3.8, 4) is 0 Å². The summed E-state index contributed by atoms with van der Waals surface area (Å²) in [4.78, 5) is 0. The summed E-state index contributed by atoms with van der Waals surface area (Å²) >= 11 is 0. The molecule has 0 bridgehead atoms. The molecule has 0 aliphatic carbocycles. The maximum absolute atomic E-state index is 10.0. The highest BCUT2D eigenvalue weighted by Crippen LogP contribution is 2.32. The van der Waals surface area contributed by atoms with Gasteiger partial charge in [-0.25, -0.2) is 0 Å². The van der Waals surface area contributed by atoms with E-state index in [1.165, 1.54) is 7.11 Å². The number of ether oxygens (including phenoxy) is 2. The molecular weight excluding hydrogens is 183 g/mol. The van der Waals surface area contributed by atoms with Crippen LogP contribution in [0.25, 0.3) is 0 Å². The lowest BCUT2D eigenvalue weighted by Crippen LogP contribution is -2.59. The van der Waals surface area contributed by atoms with E-state index in [2.05, 4.69) is 0 Å². The minimum Gasteiger partial charge on any atom is -0.393 e. The van der Waals surface area contributed by atoms with Gasteiger partial charge < -0.3 is 19.7 Å². The van der Waals surface area contributed by atoms with Gasteiger partial charge in [-0.2, -0.15) is 0 Å². The summed E-state index contributed by atoms with van der Waals surface area (Å²) in [5, 5.41) is 19.2. The van der Waals surface area contributed by atoms with Crippen molar-refractivity contribution in [3.05, 3.63) is 0 Å². The summed E-state index contributed by atoms with van der Waals surface area (Å²) in [7, 11) is 7.16. The van der Waals surface area contributed by atoms with Crippen LogP contribution < -0.4 is 0 Å². The Bertz CT molecular complexity index is 182. The van der Waals surface area contributed by atoms with Gasteiger partial charge in [0.2, 0.25) is 0 Å². The minimum atomic E-state index is -1.02. The first-order valence-electron chi connectivity index (χ1n) is 4.75.